The number of aromatic nitrogens is 1. The van der Waals surface area contributed by atoms with E-state index in [1.54, 1.807) is 11.3 Å². The highest BCUT2D eigenvalue weighted by Crippen LogP contribution is 2.11. The van der Waals surface area contributed by atoms with Crippen molar-refractivity contribution in [2.75, 3.05) is 26.2 Å². The SMILES string of the molecule is CCN(CC)CCNC(C)c1cscn1. The Hall–Kier alpha value is -0.450. The molecule has 1 unspecified atom stereocenters. The highest BCUT2D eigenvalue weighted by atomic mass is 32.1. The molecule has 0 spiro atoms. The Kier molecular flexibility index (Phi) is 5.83. The third kappa shape index (κ3) is 4.28. The molecule has 3 nitrogen and oxygen atoms in total. The smallest absolute Gasteiger partial charge is 0.0795 e. The van der Waals surface area contributed by atoms with Crippen LogP contribution >= 0.6 is 11.3 Å². The van der Waals surface area contributed by atoms with Gasteiger partial charge < -0.3 is 10.2 Å². The van der Waals surface area contributed by atoms with E-state index in [4.69, 9.17) is 0 Å². The van der Waals surface area contributed by atoms with E-state index in [0.717, 1.165) is 31.9 Å². The van der Waals surface area contributed by atoms with Crippen LogP contribution in [0.4, 0.5) is 0 Å². The van der Waals surface area contributed by atoms with Gasteiger partial charge in [-0.15, -0.1) is 11.3 Å². The molecule has 1 heterocycles. The van der Waals surface area contributed by atoms with Crippen LogP contribution in [-0.4, -0.2) is 36.1 Å². The second-order valence-electron chi connectivity index (χ2n) is 3.62. The number of nitrogens with one attached hydrogen (secondary N) is 1. The summed E-state index contributed by atoms with van der Waals surface area (Å²) in [4.78, 5) is 6.71. The van der Waals surface area contributed by atoms with Crippen molar-refractivity contribution in [3.63, 3.8) is 0 Å². The summed E-state index contributed by atoms with van der Waals surface area (Å²) in [6.07, 6.45) is 0. The molecule has 0 aliphatic carbocycles. The lowest BCUT2D eigenvalue weighted by atomic mass is 10.2. The number of nitrogens with zero attached hydrogens (tertiary/aromatic N) is 2. The summed E-state index contributed by atoms with van der Waals surface area (Å²) >= 11 is 1.66. The first-order valence-corrected chi connectivity index (χ1v) is 6.56. The molecule has 15 heavy (non-hydrogen) atoms. The van der Waals surface area contributed by atoms with Crippen molar-refractivity contribution in [2.24, 2.45) is 0 Å². The first-order chi connectivity index (χ1) is 7.27. The standard InChI is InChI=1S/C11H21N3S/c1-4-14(5-2)7-6-12-10(3)11-8-15-9-13-11/h8-10,12H,4-7H2,1-3H3. The summed E-state index contributed by atoms with van der Waals surface area (Å²) in [7, 11) is 0. The molecule has 0 saturated heterocycles. The van der Waals surface area contributed by atoms with Crippen LogP contribution in [0.1, 0.15) is 32.5 Å². The number of hydrogen-bond donors (Lipinski definition) is 1. The molecule has 86 valence electrons. The van der Waals surface area contributed by atoms with E-state index in [-0.39, 0.29) is 0 Å². The molecule has 0 radical (unpaired) electrons. The number of likely N-dealkylation sites (N-methyl/N-ethyl adjacent to an activating group) is 1. The summed E-state index contributed by atoms with van der Waals surface area (Å²) in [5, 5.41) is 5.59. The van der Waals surface area contributed by atoms with Crippen molar-refractivity contribution in [2.45, 2.75) is 26.8 Å². The maximum absolute atomic E-state index is 4.30. The van der Waals surface area contributed by atoms with Crippen LogP contribution in [0, 0.1) is 0 Å². The highest BCUT2D eigenvalue weighted by Gasteiger charge is 2.06. The van der Waals surface area contributed by atoms with E-state index in [0.29, 0.717) is 6.04 Å². The average molecular weight is 227 g/mol. The van der Waals surface area contributed by atoms with Gasteiger partial charge in [-0.2, -0.15) is 0 Å². The molecule has 1 aromatic rings. The average Bonchev–Trinajstić information content (AvgIpc) is 2.77. The quantitative estimate of drug-likeness (QED) is 0.773. The molecule has 0 bridgehead atoms. The van der Waals surface area contributed by atoms with Gasteiger partial charge in [-0.3, -0.25) is 0 Å². The molecule has 0 saturated carbocycles. The summed E-state index contributed by atoms with van der Waals surface area (Å²) in [5.74, 6) is 0. The first-order valence-electron chi connectivity index (χ1n) is 5.61. The van der Waals surface area contributed by atoms with Gasteiger partial charge >= 0.3 is 0 Å². The Bertz CT molecular complexity index is 244. The summed E-state index contributed by atoms with van der Waals surface area (Å²) in [6.45, 7) is 11.0. The van der Waals surface area contributed by atoms with Crippen LogP contribution in [0.15, 0.2) is 10.9 Å². The lowest BCUT2D eigenvalue weighted by molar-refractivity contribution is 0.297. The molecule has 1 aromatic heterocycles. The van der Waals surface area contributed by atoms with Crippen LogP contribution < -0.4 is 5.32 Å². The third-order valence-corrected chi connectivity index (χ3v) is 3.27. The van der Waals surface area contributed by atoms with E-state index in [2.05, 4.69) is 41.4 Å². The lowest BCUT2D eigenvalue weighted by Gasteiger charge is -2.19. The summed E-state index contributed by atoms with van der Waals surface area (Å²) < 4.78 is 0. The molecule has 0 aromatic carbocycles. The van der Waals surface area contributed by atoms with E-state index in [1.807, 2.05) is 5.51 Å². The van der Waals surface area contributed by atoms with Gasteiger partial charge in [0, 0.05) is 24.5 Å². The van der Waals surface area contributed by atoms with Gasteiger partial charge in [0.25, 0.3) is 0 Å². The van der Waals surface area contributed by atoms with Gasteiger partial charge in [0.15, 0.2) is 0 Å². The monoisotopic (exact) mass is 227 g/mol. The van der Waals surface area contributed by atoms with Crippen LogP contribution in [0.3, 0.4) is 0 Å². The molecule has 0 aliphatic rings. The van der Waals surface area contributed by atoms with E-state index < -0.39 is 0 Å². The molecule has 0 fully saturated rings. The van der Waals surface area contributed by atoms with Gasteiger partial charge in [-0.05, 0) is 20.0 Å². The van der Waals surface area contributed by atoms with Crippen molar-refractivity contribution in [1.29, 1.82) is 0 Å². The van der Waals surface area contributed by atoms with E-state index in [9.17, 15) is 0 Å². The third-order valence-electron chi connectivity index (χ3n) is 2.67. The maximum atomic E-state index is 4.30. The fourth-order valence-corrected chi connectivity index (χ4v) is 2.17. The van der Waals surface area contributed by atoms with Crippen LogP contribution in [0.25, 0.3) is 0 Å². The Balaban J connectivity index is 2.20. The van der Waals surface area contributed by atoms with Crippen molar-refractivity contribution in [3.05, 3.63) is 16.6 Å². The van der Waals surface area contributed by atoms with Crippen molar-refractivity contribution in [1.82, 2.24) is 15.2 Å². The summed E-state index contributed by atoms with van der Waals surface area (Å²) in [5.41, 5.74) is 3.04. The Labute approximate surface area is 96.5 Å². The van der Waals surface area contributed by atoms with Gasteiger partial charge in [-0.1, -0.05) is 13.8 Å². The summed E-state index contributed by atoms with van der Waals surface area (Å²) in [6, 6.07) is 0.367. The van der Waals surface area contributed by atoms with Crippen LogP contribution in [0.2, 0.25) is 0 Å². The Morgan fingerprint density at radius 3 is 2.73 bits per heavy atom. The Morgan fingerprint density at radius 2 is 2.20 bits per heavy atom. The minimum absolute atomic E-state index is 0.367. The zero-order chi connectivity index (χ0) is 11.1. The van der Waals surface area contributed by atoms with Gasteiger partial charge in [0.2, 0.25) is 0 Å². The Morgan fingerprint density at radius 1 is 1.47 bits per heavy atom. The van der Waals surface area contributed by atoms with Gasteiger partial charge in [0.1, 0.15) is 0 Å². The fourth-order valence-electron chi connectivity index (χ4n) is 1.52. The molecule has 1 atom stereocenters. The minimum atomic E-state index is 0.367. The van der Waals surface area contributed by atoms with Crippen LogP contribution in [-0.2, 0) is 0 Å². The molecular weight excluding hydrogens is 206 g/mol. The second kappa shape index (κ2) is 6.93. The predicted molar refractivity (Wildman–Crippen MR) is 66.3 cm³/mol. The molecule has 0 amide bonds. The maximum Gasteiger partial charge on any atom is 0.0795 e. The number of hydrogen-bond acceptors (Lipinski definition) is 4. The van der Waals surface area contributed by atoms with Crippen molar-refractivity contribution in [3.8, 4) is 0 Å². The largest absolute Gasteiger partial charge is 0.308 e. The normalized spacial score (nSPS) is 13.3. The van der Waals surface area contributed by atoms with Crippen LogP contribution in [0.5, 0.6) is 0 Å². The molecular formula is C11H21N3S. The zero-order valence-corrected chi connectivity index (χ0v) is 10.7. The number of rotatable bonds is 7. The van der Waals surface area contributed by atoms with E-state index >= 15 is 0 Å². The minimum Gasteiger partial charge on any atom is -0.308 e. The zero-order valence-electron chi connectivity index (χ0n) is 9.86. The molecule has 1 rings (SSSR count). The molecule has 0 aliphatic heterocycles. The lowest BCUT2D eigenvalue weighted by Crippen LogP contribution is -2.33. The van der Waals surface area contributed by atoms with Gasteiger partial charge in [0.05, 0.1) is 11.2 Å². The molecule has 4 heteroatoms. The second-order valence-corrected chi connectivity index (χ2v) is 4.33. The first kappa shape index (κ1) is 12.6. The predicted octanol–water partition coefficient (Wildman–Crippen LogP) is 2.14. The van der Waals surface area contributed by atoms with Crippen molar-refractivity contribution < 1.29 is 0 Å². The molecule has 1 N–H and O–H groups in total. The fraction of sp³-hybridized carbons (Fsp3) is 0.727. The number of thiazole rings is 1. The topological polar surface area (TPSA) is 28.2 Å². The van der Waals surface area contributed by atoms with Gasteiger partial charge in [-0.25, -0.2) is 4.98 Å². The van der Waals surface area contributed by atoms with Crippen molar-refractivity contribution >= 4 is 11.3 Å². The van der Waals surface area contributed by atoms with E-state index in [1.165, 1.54) is 0 Å². The highest BCUT2D eigenvalue weighted by molar-refractivity contribution is 7.07.